The number of pyridine rings is 1. The van der Waals surface area contributed by atoms with Crippen molar-refractivity contribution in [3.8, 4) is 0 Å². The lowest BCUT2D eigenvalue weighted by atomic mass is 10.3. The Morgan fingerprint density at radius 2 is 2.38 bits per heavy atom. The van der Waals surface area contributed by atoms with Gasteiger partial charge in [-0.2, -0.15) is 0 Å². The molecule has 0 saturated heterocycles. The minimum absolute atomic E-state index is 0.436. The number of nitrogens with zero attached hydrogens (tertiary/aromatic N) is 3. The molecule has 0 aliphatic rings. The molecule has 8 heteroatoms. The van der Waals surface area contributed by atoms with E-state index < -0.39 is 4.92 Å². The number of thioether (sulfide) groups is 1. The topological polar surface area (TPSA) is 71.3 Å². The average Bonchev–Trinajstić information content (AvgIpc) is 2.41. The molecule has 1 rings (SSSR count). The maximum atomic E-state index is 10.5. The van der Waals surface area contributed by atoms with Crippen LogP contribution in [0.5, 0.6) is 0 Å². The summed E-state index contributed by atoms with van der Waals surface area (Å²) in [7, 11) is 1.99. The molecule has 0 aliphatic carbocycles. The Bertz CT molecular complexity index is 482. The summed E-state index contributed by atoms with van der Waals surface area (Å²) in [6.45, 7) is 4.12. The molecular formula is C13H19ClN4O2S. The number of nitrogens with one attached hydrogen (secondary N) is 1. The predicted molar refractivity (Wildman–Crippen MR) is 86.8 cm³/mol. The van der Waals surface area contributed by atoms with Crippen molar-refractivity contribution in [2.24, 2.45) is 0 Å². The molecule has 0 spiro atoms. The normalized spacial score (nSPS) is 11.7. The summed E-state index contributed by atoms with van der Waals surface area (Å²) in [5.74, 6) is 0.791. The maximum Gasteiger partial charge on any atom is 0.263 e. The maximum absolute atomic E-state index is 10.5. The van der Waals surface area contributed by atoms with Crippen molar-refractivity contribution in [3.05, 3.63) is 50.4 Å². The third-order valence-corrected chi connectivity index (χ3v) is 3.63. The molecule has 0 fully saturated rings. The highest BCUT2D eigenvalue weighted by molar-refractivity contribution is 8.02. The molecule has 0 amide bonds. The Labute approximate surface area is 133 Å². The van der Waals surface area contributed by atoms with Crippen LogP contribution in [-0.2, 0) is 6.54 Å². The molecular weight excluding hydrogens is 312 g/mol. The molecule has 0 bridgehead atoms. The van der Waals surface area contributed by atoms with Crippen LogP contribution in [0.4, 0.5) is 0 Å². The smallest absolute Gasteiger partial charge is 0.263 e. The van der Waals surface area contributed by atoms with Crippen LogP contribution in [0.15, 0.2) is 29.6 Å². The summed E-state index contributed by atoms with van der Waals surface area (Å²) < 4.78 is 0. The van der Waals surface area contributed by atoms with E-state index in [1.54, 1.807) is 12.3 Å². The number of nitro groups is 1. The molecule has 1 aromatic heterocycles. The Morgan fingerprint density at radius 1 is 1.62 bits per heavy atom. The first-order valence-corrected chi connectivity index (χ1v) is 7.88. The molecule has 0 saturated carbocycles. The van der Waals surface area contributed by atoms with Crippen molar-refractivity contribution in [1.29, 1.82) is 0 Å². The van der Waals surface area contributed by atoms with Crippen LogP contribution in [0.3, 0.4) is 0 Å². The minimum atomic E-state index is -0.436. The van der Waals surface area contributed by atoms with Crippen molar-refractivity contribution >= 4 is 23.4 Å². The van der Waals surface area contributed by atoms with E-state index in [0.717, 1.165) is 30.6 Å². The van der Waals surface area contributed by atoms with E-state index in [4.69, 9.17) is 11.6 Å². The van der Waals surface area contributed by atoms with Gasteiger partial charge in [0.1, 0.15) is 10.2 Å². The van der Waals surface area contributed by atoms with E-state index in [1.165, 1.54) is 11.8 Å². The zero-order valence-corrected chi connectivity index (χ0v) is 13.7. The summed E-state index contributed by atoms with van der Waals surface area (Å²) in [4.78, 5) is 16.2. The van der Waals surface area contributed by atoms with E-state index in [0.29, 0.717) is 16.7 Å². The number of hydrogen-bond acceptors (Lipinski definition) is 6. The highest BCUT2D eigenvalue weighted by Gasteiger charge is 2.04. The van der Waals surface area contributed by atoms with Crippen LogP contribution in [0.2, 0.25) is 5.15 Å². The number of rotatable bonds is 9. The molecule has 0 aliphatic heterocycles. The minimum Gasteiger partial charge on any atom is -0.374 e. The van der Waals surface area contributed by atoms with Gasteiger partial charge in [-0.05, 0) is 24.4 Å². The molecule has 1 N–H and O–H groups in total. The van der Waals surface area contributed by atoms with Crippen LogP contribution in [-0.4, -0.2) is 40.7 Å². The van der Waals surface area contributed by atoms with Crippen LogP contribution < -0.4 is 5.32 Å². The largest absolute Gasteiger partial charge is 0.374 e. The summed E-state index contributed by atoms with van der Waals surface area (Å²) >= 11 is 7.17. The van der Waals surface area contributed by atoms with E-state index in [2.05, 4.69) is 15.2 Å². The second kappa shape index (κ2) is 9.59. The van der Waals surface area contributed by atoms with E-state index in [1.807, 2.05) is 20.0 Å². The van der Waals surface area contributed by atoms with Crippen molar-refractivity contribution in [3.63, 3.8) is 0 Å². The predicted octanol–water partition coefficient (Wildman–Crippen LogP) is 2.59. The van der Waals surface area contributed by atoms with Gasteiger partial charge in [0.25, 0.3) is 6.20 Å². The molecule has 116 valence electrons. The van der Waals surface area contributed by atoms with Gasteiger partial charge in [0.15, 0.2) is 0 Å². The van der Waals surface area contributed by atoms with Gasteiger partial charge in [-0.15, -0.1) is 11.8 Å². The van der Waals surface area contributed by atoms with Crippen LogP contribution in [0, 0.1) is 10.1 Å². The van der Waals surface area contributed by atoms with Crippen LogP contribution in [0.25, 0.3) is 0 Å². The number of hydrogen-bond donors (Lipinski definition) is 1. The Morgan fingerprint density at radius 3 is 2.95 bits per heavy atom. The molecule has 6 nitrogen and oxygen atoms in total. The monoisotopic (exact) mass is 330 g/mol. The summed E-state index contributed by atoms with van der Waals surface area (Å²) in [5, 5.41) is 14.6. The Kier molecular flexibility index (Phi) is 8.11. The molecule has 0 atom stereocenters. The lowest BCUT2D eigenvalue weighted by molar-refractivity contribution is -0.403. The molecule has 0 aromatic carbocycles. The van der Waals surface area contributed by atoms with Gasteiger partial charge >= 0.3 is 0 Å². The highest BCUT2D eigenvalue weighted by Crippen LogP contribution is 2.11. The first-order valence-electron chi connectivity index (χ1n) is 6.52. The van der Waals surface area contributed by atoms with Crippen molar-refractivity contribution in [2.75, 3.05) is 25.9 Å². The van der Waals surface area contributed by atoms with Crippen molar-refractivity contribution in [2.45, 2.75) is 13.5 Å². The lowest BCUT2D eigenvalue weighted by Gasteiger charge is -2.17. The van der Waals surface area contributed by atoms with Crippen LogP contribution in [0.1, 0.15) is 12.5 Å². The third kappa shape index (κ3) is 7.89. The fraction of sp³-hybridized carbons (Fsp3) is 0.462. The van der Waals surface area contributed by atoms with Gasteiger partial charge in [-0.1, -0.05) is 24.6 Å². The van der Waals surface area contributed by atoms with E-state index >= 15 is 0 Å². The van der Waals surface area contributed by atoms with Crippen LogP contribution >= 0.6 is 23.4 Å². The second-order valence-corrected chi connectivity index (χ2v) is 6.06. The first-order chi connectivity index (χ1) is 10.0. The molecule has 0 unspecified atom stereocenters. The van der Waals surface area contributed by atoms with Gasteiger partial charge in [0, 0.05) is 25.8 Å². The highest BCUT2D eigenvalue weighted by atomic mass is 35.5. The molecule has 21 heavy (non-hydrogen) atoms. The van der Waals surface area contributed by atoms with Crippen molar-refractivity contribution < 1.29 is 4.92 Å². The van der Waals surface area contributed by atoms with Gasteiger partial charge in [0.05, 0.1) is 4.92 Å². The molecule has 1 aromatic rings. The quantitative estimate of drug-likeness (QED) is 0.426. The number of halogens is 1. The first kappa shape index (κ1) is 17.7. The second-order valence-electron chi connectivity index (χ2n) is 4.37. The standard InChI is InChI=1S/C13H19ClN4O2S/c1-3-21-13(10-18(19)20)15-6-7-17(2)9-11-4-5-12(14)16-8-11/h4-5,8,10,15H,3,6-7,9H2,1-2H3. The summed E-state index contributed by atoms with van der Waals surface area (Å²) in [6.07, 6.45) is 2.76. The van der Waals surface area contributed by atoms with E-state index in [9.17, 15) is 10.1 Å². The van der Waals surface area contributed by atoms with Gasteiger partial charge in [-0.25, -0.2) is 4.98 Å². The zero-order valence-electron chi connectivity index (χ0n) is 12.1. The van der Waals surface area contributed by atoms with Gasteiger partial charge in [-0.3, -0.25) is 10.1 Å². The fourth-order valence-electron chi connectivity index (χ4n) is 1.65. The Balaban J connectivity index is 2.36. The van der Waals surface area contributed by atoms with Gasteiger partial charge in [0.2, 0.25) is 0 Å². The Hall–Kier alpha value is -1.31. The number of aromatic nitrogens is 1. The van der Waals surface area contributed by atoms with E-state index in [-0.39, 0.29) is 0 Å². The molecule has 0 radical (unpaired) electrons. The van der Waals surface area contributed by atoms with Crippen molar-refractivity contribution in [1.82, 2.24) is 15.2 Å². The summed E-state index contributed by atoms with van der Waals surface area (Å²) in [5.41, 5.74) is 1.07. The average molecular weight is 331 g/mol. The van der Waals surface area contributed by atoms with Gasteiger partial charge < -0.3 is 10.2 Å². The SMILES string of the molecule is CCSC(=C[N+](=O)[O-])NCCN(C)Cc1ccc(Cl)nc1. The fourth-order valence-corrected chi connectivity index (χ4v) is 2.43. The summed E-state index contributed by atoms with van der Waals surface area (Å²) in [6, 6.07) is 3.70. The lowest BCUT2D eigenvalue weighted by Crippen LogP contribution is -2.28. The molecule has 1 heterocycles. The zero-order chi connectivity index (χ0) is 15.7. The number of likely N-dealkylation sites (N-methyl/N-ethyl adjacent to an activating group) is 1. The third-order valence-electron chi connectivity index (χ3n) is 2.56.